The van der Waals surface area contributed by atoms with E-state index in [-0.39, 0.29) is 17.2 Å². The second kappa shape index (κ2) is 6.80. The van der Waals surface area contributed by atoms with Gasteiger partial charge in [-0.25, -0.2) is 0 Å². The average molecular weight is 357 g/mol. The van der Waals surface area contributed by atoms with Crippen molar-refractivity contribution in [1.82, 2.24) is 5.32 Å². The Morgan fingerprint density at radius 2 is 1.80 bits per heavy atom. The first-order valence-corrected chi connectivity index (χ1v) is 8.64. The second-order valence-electron chi connectivity index (χ2n) is 6.37. The van der Waals surface area contributed by atoms with Gasteiger partial charge in [0.25, 0.3) is 5.91 Å². The van der Waals surface area contributed by atoms with Crippen molar-refractivity contribution in [1.29, 1.82) is 0 Å². The summed E-state index contributed by atoms with van der Waals surface area (Å²) in [6.45, 7) is 0. The minimum absolute atomic E-state index is 0.106. The highest BCUT2D eigenvalue weighted by molar-refractivity contribution is 7.80. The first-order chi connectivity index (χ1) is 11.9. The normalized spacial score (nSPS) is 19.1. The van der Waals surface area contributed by atoms with Gasteiger partial charge in [0.1, 0.15) is 0 Å². The van der Waals surface area contributed by atoms with Gasteiger partial charge in [0, 0.05) is 11.3 Å². The first-order valence-electron chi connectivity index (χ1n) is 8.00. The van der Waals surface area contributed by atoms with Crippen LogP contribution in [-0.2, 0) is 17.6 Å². The van der Waals surface area contributed by atoms with E-state index < -0.39 is 17.1 Å². The van der Waals surface area contributed by atoms with Crippen molar-refractivity contribution in [3.05, 3.63) is 59.2 Å². The first kappa shape index (κ1) is 17.4. The molecular weight excluding hydrogens is 338 g/mol. The van der Waals surface area contributed by atoms with Crippen molar-refractivity contribution in [2.75, 3.05) is 5.75 Å². The summed E-state index contributed by atoms with van der Waals surface area (Å²) < 4.78 is 0. The highest BCUT2D eigenvalue weighted by Gasteiger charge is 2.40. The van der Waals surface area contributed by atoms with Crippen LogP contribution in [0.2, 0.25) is 0 Å². The number of rotatable bonds is 3. The molecule has 0 saturated carbocycles. The number of carbonyl (C=O) groups is 2. The lowest BCUT2D eigenvalue weighted by molar-refractivity contribution is -0.129. The Morgan fingerprint density at radius 1 is 1.08 bits per heavy atom. The quantitative estimate of drug-likeness (QED) is 0.386. The predicted octanol–water partition coefficient (Wildman–Crippen LogP) is 2.46. The number of phenols is 2. The molecule has 0 bridgehead atoms. The third-order valence-electron chi connectivity index (χ3n) is 4.77. The Balaban J connectivity index is 1.79. The summed E-state index contributed by atoms with van der Waals surface area (Å²) in [5.74, 6) is -1.37. The van der Waals surface area contributed by atoms with Crippen molar-refractivity contribution in [3.8, 4) is 11.5 Å². The van der Waals surface area contributed by atoms with Gasteiger partial charge in [-0.1, -0.05) is 24.3 Å². The van der Waals surface area contributed by atoms with Crippen molar-refractivity contribution < 1.29 is 19.8 Å². The molecule has 5 nitrogen and oxygen atoms in total. The minimum Gasteiger partial charge on any atom is -0.504 e. The molecule has 130 valence electrons. The van der Waals surface area contributed by atoms with Crippen LogP contribution in [0.4, 0.5) is 0 Å². The number of aromatic hydroxyl groups is 2. The van der Waals surface area contributed by atoms with Crippen LogP contribution in [0.1, 0.15) is 27.9 Å². The van der Waals surface area contributed by atoms with E-state index >= 15 is 0 Å². The van der Waals surface area contributed by atoms with E-state index in [9.17, 15) is 19.8 Å². The summed E-state index contributed by atoms with van der Waals surface area (Å²) in [7, 11) is 0. The van der Waals surface area contributed by atoms with Gasteiger partial charge in [0.15, 0.2) is 11.5 Å². The summed E-state index contributed by atoms with van der Waals surface area (Å²) in [4.78, 5) is 25.1. The monoisotopic (exact) mass is 357 g/mol. The van der Waals surface area contributed by atoms with Gasteiger partial charge in [-0.2, -0.15) is 12.6 Å². The number of amides is 2. The molecule has 0 fully saturated rings. The van der Waals surface area contributed by atoms with E-state index in [4.69, 9.17) is 0 Å². The molecule has 3 rings (SSSR count). The molecule has 1 aliphatic rings. The van der Waals surface area contributed by atoms with Crippen molar-refractivity contribution in [2.24, 2.45) is 5.41 Å². The second-order valence-corrected chi connectivity index (χ2v) is 6.69. The van der Waals surface area contributed by atoms with Crippen LogP contribution >= 0.6 is 12.6 Å². The third-order valence-corrected chi connectivity index (χ3v) is 5.37. The number of carbonyl (C=O) groups excluding carboxylic acids is 2. The van der Waals surface area contributed by atoms with Crippen molar-refractivity contribution in [2.45, 2.75) is 19.3 Å². The highest BCUT2D eigenvalue weighted by Crippen LogP contribution is 2.37. The van der Waals surface area contributed by atoms with E-state index in [0.29, 0.717) is 18.6 Å². The number of aryl methyl sites for hydroxylation is 1. The summed E-state index contributed by atoms with van der Waals surface area (Å²) >= 11 is 4.37. The molecule has 2 aromatic rings. The van der Waals surface area contributed by atoms with Crippen molar-refractivity contribution >= 4 is 24.4 Å². The van der Waals surface area contributed by atoms with Crippen LogP contribution in [0.5, 0.6) is 11.5 Å². The smallest absolute Gasteiger partial charge is 0.257 e. The molecule has 0 aromatic heterocycles. The van der Waals surface area contributed by atoms with E-state index in [0.717, 1.165) is 18.1 Å². The topological polar surface area (TPSA) is 86.6 Å². The SMILES string of the molecule is O=C(NC(=O)C1(CS)CCc2ccccc2C1)c1ccc(O)c(O)c1. The van der Waals surface area contributed by atoms with E-state index in [1.807, 2.05) is 18.2 Å². The zero-order valence-electron chi connectivity index (χ0n) is 13.5. The fourth-order valence-electron chi connectivity index (χ4n) is 3.17. The number of benzene rings is 2. The number of hydrogen-bond acceptors (Lipinski definition) is 5. The summed E-state index contributed by atoms with van der Waals surface area (Å²) in [5.41, 5.74) is 1.69. The van der Waals surface area contributed by atoms with E-state index in [2.05, 4.69) is 24.0 Å². The zero-order valence-corrected chi connectivity index (χ0v) is 14.4. The lowest BCUT2D eigenvalue weighted by Crippen LogP contribution is -2.48. The molecule has 0 saturated heterocycles. The minimum atomic E-state index is -0.744. The molecule has 1 atom stereocenters. The van der Waals surface area contributed by atoms with Gasteiger partial charge < -0.3 is 10.2 Å². The number of imide groups is 1. The fraction of sp³-hybridized carbons (Fsp3) is 0.263. The van der Waals surface area contributed by atoms with Crippen LogP contribution in [0.15, 0.2) is 42.5 Å². The molecule has 25 heavy (non-hydrogen) atoms. The van der Waals surface area contributed by atoms with Crippen LogP contribution in [0.3, 0.4) is 0 Å². The maximum Gasteiger partial charge on any atom is 0.257 e. The standard InChI is InChI=1S/C19H19NO4S/c21-15-6-5-13(9-16(15)22)17(23)20-18(24)19(11-25)8-7-12-3-1-2-4-14(12)10-19/h1-6,9,21-22,25H,7-8,10-11H2,(H,20,23,24). The lowest BCUT2D eigenvalue weighted by Gasteiger charge is -2.35. The lowest BCUT2D eigenvalue weighted by atomic mass is 9.72. The average Bonchev–Trinajstić information content (AvgIpc) is 2.63. The Labute approximate surface area is 151 Å². The molecule has 0 radical (unpaired) electrons. The molecule has 0 spiro atoms. The summed E-state index contributed by atoms with van der Waals surface area (Å²) in [5, 5.41) is 21.3. The Hall–Kier alpha value is -2.47. The van der Waals surface area contributed by atoms with Crippen LogP contribution in [-0.4, -0.2) is 27.8 Å². The molecule has 2 aromatic carbocycles. The Bertz CT molecular complexity index is 836. The van der Waals surface area contributed by atoms with Gasteiger partial charge in [-0.3, -0.25) is 14.9 Å². The summed E-state index contributed by atoms with van der Waals surface area (Å²) in [6.07, 6.45) is 1.92. The predicted molar refractivity (Wildman–Crippen MR) is 97.0 cm³/mol. The maximum atomic E-state index is 12.8. The van der Waals surface area contributed by atoms with Crippen LogP contribution in [0, 0.1) is 5.41 Å². The molecule has 1 unspecified atom stereocenters. The molecule has 6 heteroatoms. The van der Waals surface area contributed by atoms with Gasteiger partial charge >= 0.3 is 0 Å². The maximum absolute atomic E-state index is 12.8. The molecular formula is C19H19NO4S. The Morgan fingerprint density at radius 3 is 2.48 bits per heavy atom. The highest BCUT2D eigenvalue weighted by atomic mass is 32.1. The number of nitrogens with one attached hydrogen (secondary N) is 1. The van der Waals surface area contributed by atoms with Crippen LogP contribution < -0.4 is 5.32 Å². The van der Waals surface area contributed by atoms with Crippen molar-refractivity contribution in [3.63, 3.8) is 0 Å². The third kappa shape index (κ3) is 3.35. The van der Waals surface area contributed by atoms with E-state index in [1.165, 1.54) is 17.7 Å². The molecule has 0 heterocycles. The van der Waals surface area contributed by atoms with Gasteiger partial charge in [-0.05, 0) is 48.6 Å². The summed E-state index contributed by atoms with van der Waals surface area (Å²) in [6, 6.07) is 11.7. The molecule has 3 N–H and O–H groups in total. The van der Waals surface area contributed by atoms with E-state index in [1.54, 1.807) is 0 Å². The molecule has 1 aliphatic carbocycles. The largest absolute Gasteiger partial charge is 0.504 e. The van der Waals surface area contributed by atoms with Gasteiger partial charge in [0.05, 0.1) is 5.41 Å². The number of hydrogen-bond donors (Lipinski definition) is 4. The Kier molecular flexibility index (Phi) is 4.72. The number of fused-ring (bicyclic) bond motifs is 1. The van der Waals surface area contributed by atoms with Crippen LogP contribution in [0.25, 0.3) is 0 Å². The van der Waals surface area contributed by atoms with Gasteiger partial charge in [0.2, 0.25) is 5.91 Å². The van der Waals surface area contributed by atoms with Gasteiger partial charge in [-0.15, -0.1) is 0 Å². The zero-order chi connectivity index (χ0) is 18.0. The number of phenolic OH excluding ortho intramolecular Hbond substituents is 2. The number of thiol groups is 1. The molecule has 0 aliphatic heterocycles. The molecule has 2 amide bonds. The fourth-order valence-corrected chi connectivity index (χ4v) is 3.59.